The van der Waals surface area contributed by atoms with Crippen molar-refractivity contribution >= 4 is 17.6 Å². The van der Waals surface area contributed by atoms with E-state index in [0.29, 0.717) is 0 Å². The predicted molar refractivity (Wildman–Crippen MR) is 87.1 cm³/mol. The van der Waals surface area contributed by atoms with Crippen LogP contribution in [0.25, 0.3) is 21.6 Å². The van der Waals surface area contributed by atoms with Crippen LogP contribution in [0, 0.1) is 0 Å². The summed E-state index contributed by atoms with van der Waals surface area (Å²) in [6.45, 7) is 0. The third-order valence-corrected chi connectivity index (χ3v) is 4.40. The van der Waals surface area contributed by atoms with Crippen molar-refractivity contribution in [3.8, 4) is 27.3 Å². The molecular formula is C18H14O2S. The van der Waals surface area contributed by atoms with Gasteiger partial charge in [-0.25, -0.2) is 0 Å². The number of ether oxygens (including phenoxy) is 1. The van der Waals surface area contributed by atoms with Crippen LogP contribution in [-0.4, -0.2) is 13.4 Å². The molecule has 0 N–H and O–H groups in total. The summed E-state index contributed by atoms with van der Waals surface area (Å²) in [5.74, 6) is 0.814. The van der Waals surface area contributed by atoms with Crippen molar-refractivity contribution in [2.24, 2.45) is 0 Å². The third-order valence-electron chi connectivity index (χ3n) is 3.30. The van der Waals surface area contributed by atoms with Crippen LogP contribution in [-0.2, 0) is 0 Å². The Labute approximate surface area is 127 Å². The summed E-state index contributed by atoms with van der Waals surface area (Å²) in [6.07, 6.45) is 0.899. The van der Waals surface area contributed by atoms with Gasteiger partial charge in [0.1, 0.15) is 5.75 Å². The predicted octanol–water partition coefficient (Wildman–Crippen LogP) is 4.90. The molecule has 0 unspecified atom stereocenters. The Bertz CT molecular complexity index is 760. The molecule has 0 saturated carbocycles. The van der Waals surface area contributed by atoms with Crippen molar-refractivity contribution in [2.45, 2.75) is 0 Å². The number of hydrogen-bond donors (Lipinski definition) is 0. The summed E-state index contributed by atoms with van der Waals surface area (Å²) in [6, 6.07) is 19.9. The Hall–Kier alpha value is -2.39. The standard InChI is InChI=1S/C18H14O2S/c1-20-17-10-6-5-9-15(17)18-16(11-14(12-19)21-18)13-7-3-2-4-8-13/h2-12H,1H3. The maximum Gasteiger partial charge on any atom is 0.160 e. The molecule has 1 aromatic heterocycles. The van der Waals surface area contributed by atoms with E-state index in [-0.39, 0.29) is 0 Å². The molecule has 3 aromatic rings. The fourth-order valence-electron chi connectivity index (χ4n) is 2.33. The van der Waals surface area contributed by atoms with E-state index in [1.165, 1.54) is 11.3 Å². The summed E-state index contributed by atoms with van der Waals surface area (Å²) in [5, 5.41) is 0. The first-order chi connectivity index (χ1) is 10.3. The van der Waals surface area contributed by atoms with E-state index in [0.717, 1.165) is 38.5 Å². The lowest BCUT2D eigenvalue weighted by Crippen LogP contribution is -1.86. The van der Waals surface area contributed by atoms with Crippen LogP contribution in [0.4, 0.5) is 0 Å². The van der Waals surface area contributed by atoms with E-state index in [1.807, 2.05) is 48.5 Å². The topological polar surface area (TPSA) is 26.3 Å². The number of carbonyl (C=O) groups excluding carboxylic acids is 1. The van der Waals surface area contributed by atoms with Crippen molar-refractivity contribution in [3.63, 3.8) is 0 Å². The molecule has 0 aliphatic rings. The number of hydrogen-bond acceptors (Lipinski definition) is 3. The Morgan fingerprint density at radius 3 is 2.38 bits per heavy atom. The lowest BCUT2D eigenvalue weighted by Gasteiger charge is -2.09. The van der Waals surface area contributed by atoms with Gasteiger partial charge in [0.15, 0.2) is 6.29 Å². The first-order valence-electron chi connectivity index (χ1n) is 6.61. The summed E-state index contributed by atoms with van der Waals surface area (Å²) in [5.41, 5.74) is 3.17. The molecule has 21 heavy (non-hydrogen) atoms. The van der Waals surface area contributed by atoms with Crippen molar-refractivity contribution in [3.05, 3.63) is 65.5 Å². The zero-order valence-corrected chi connectivity index (χ0v) is 12.4. The number of aldehydes is 1. The van der Waals surface area contributed by atoms with Crippen LogP contribution in [0.5, 0.6) is 5.75 Å². The van der Waals surface area contributed by atoms with Gasteiger partial charge < -0.3 is 4.74 Å². The van der Waals surface area contributed by atoms with Gasteiger partial charge in [-0.3, -0.25) is 4.79 Å². The molecule has 0 bridgehead atoms. The Morgan fingerprint density at radius 1 is 0.952 bits per heavy atom. The number of carbonyl (C=O) groups is 1. The molecule has 104 valence electrons. The average molecular weight is 294 g/mol. The highest BCUT2D eigenvalue weighted by molar-refractivity contribution is 7.17. The Morgan fingerprint density at radius 2 is 1.67 bits per heavy atom. The highest BCUT2D eigenvalue weighted by Gasteiger charge is 2.15. The summed E-state index contributed by atoms with van der Waals surface area (Å²) < 4.78 is 5.45. The zero-order valence-electron chi connectivity index (χ0n) is 11.6. The third kappa shape index (κ3) is 2.60. The van der Waals surface area contributed by atoms with Crippen molar-refractivity contribution < 1.29 is 9.53 Å². The van der Waals surface area contributed by atoms with Gasteiger partial charge in [0.05, 0.1) is 12.0 Å². The monoisotopic (exact) mass is 294 g/mol. The van der Waals surface area contributed by atoms with Crippen molar-refractivity contribution in [2.75, 3.05) is 7.11 Å². The van der Waals surface area contributed by atoms with Crippen LogP contribution < -0.4 is 4.74 Å². The van der Waals surface area contributed by atoms with Gasteiger partial charge in [0.2, 0.25) is 0 Å². The number of rotatable bonds is 4. The molecule has 0 radical (unpaired) electrons. The molecule has 0 aliphatic heterocycles. The fourth-order valence-corrected chi connectivity index (χ4v) is 3.36. The summed E-state index contributed by atoms with van der Waals surface area (Å²) >= 11 is 1.49. The maximum atomic E-state index is 11.2. The number of thiophene rings is 1. The molecule has 0 amide bonds. The highest BCUT2D eigenvalue weighted by atomic mass is 32.1. The Kier molecular flexibility index (Phi) is 3.84. The highest BCUT2D eigenvalue weighted by Crippen LogP contribution is 2.42. The zero-order chi connectivity index (χ0) is 14.7. The first kappa shape index (κ1) is 13.6. The van der Waals surface area contributed by atoms with E-state index >= 15 is 0 Å². The van der Waals surface area contributed by atoms with Crippen LogP contribution in [0.3, 0.4) is 0 Å². The van der Waals surface area contributed by atoms with Crippen LogP contribution in [0.15, 0.2) is 60.7 Å². The minimum atomic E-state index is 0.717. The summed E-state index contributed by atoms with van der Waals surface area (Å²) in [4.78, 5) is 12.9. The molecule has 1 heterocycles. The molecule has 0 spiro atoms. The van der Waals surface area contributed by atoms with E-state index in [1.54, 1.807) is 7.11 Å². The second-order valence-electron chi connectivity index (χ2n) is 4.58. The molecule has 2 aromatic carbocycles. The van der Waals surface area contributed by atoms with Gasteiger partial charge in [0.25, 0.3) is 0 Å². The quantitative estimate of drug-likeness (QED) is 0.639. The van der Waals surface area contributed by atoms with E-state index in [9.17, 15) is 4.79 Å². The molecule has 0 fully saturated rings. The minimum absolute atomic E-state index is 0.717. The summed E-state index contributed by atoms with van der Waals surface area (Å²) in [7, 11) is 1.66. The molecule has 3 rings (SSSR count). The van der Waals surface area contributed by atoms with Gasteiger partial charge >= 0.3 is 0 Å². The Balaban J connectivity index is 2.23. The van der Waals surface area contributed by atoms with E-state index in [2.05, 4.69) is 12.1 Å². The van der Waals surface area contributed by atoms with Crippen molar-refractivity contribution in [1.82, 2.24) is 0 Å². The van der Waals surface area contributed by atoms with Crippen molar-refractivity contribution in [1.29, 1.82) is 0 Å². The molecule has 3 heteroatoms. The molecule has 0 atom stereocenters. The smallest absolute Gasteiger partial charge is 0.160 e. The molecule has 2 nitrogen and oxygen atoms in total. The maximum absolute atomic E-state index is 11.2. The second-order valence-corrected chi connectivity index (χ2v) is 5.66. The van der Waals surface area contributed by atoms with Gasteiger partial charge in [-0.15, -0.1) is 11.3 Å². The molecular weight excluding hydrogens is 280 g/mol. The minimum Gasteiger partial charge on any atom is -0.496 e. The van der Waals surface area contributed by atoms with Crippen LogP contribution in [0.2, 0.25) is 0 Å². The van der Waals surface area contributed by atoms with Gasteiger partial charge in [0, 0.05) is 16.0 Å². The van der Waals surface area contributed by atoms with E-state index in [4.69, 9.17) is 4.74 Å². The van der Waals surface area contributed by atoms with Gasteiger partial charge in [-0.05, 0) is 23.8 Å². The van der Waals surface area contributed by atoms with Gasteiger partial charge in [-0.1, -0.05) is 42.5 Å². The van der Waals surface area contributed by atoms with E-state index < -0.39 is 0 Å². The van der Waals surface area contributed by atoms with Crippen LogP contribution >= 0.6 is 11.3 Å². The van der Waals surface area contributed by atoms with Crippen LogP contribution in [0.1, 0.15) is 9.67 Å². The number of benzene rings is 2. The fraction of sp³-hybridized carbons (Fsp3) is 0.0556. The largest absolute Gasteiger partial charge is 0.496 e. The number of methoxy groups -OCH3 is 1. The van der Waals surface area contributed by atoms with Gasteiger partial charge in [-0.2, -0.15) is 0 Å². The number of para-hydroxylation sites is 1. The molecule has 0 aliphatic carbocycles. The SMILES string of the molecule is COc1ccccc1-c1sc(C=O)cc1-c1ccccc1. The normalized spacial score (nSPS) is 10.3. The molecule has 0 saturated heterocycles. The lowest BCUT2D eigenvalue weighted by molar-refractivity contribution is 0.112. The second kappa shape index (κ2) is 5.94. The lowest BCUT2D eigenvalue weighted by atomic mass is 10.0. The first-order valence-corrected chi connectivity index (χ1v) is 7.43. The average Bonchev–Trinajstić information content (AvgIpc) is 3.00.